The van der Waals surface area contributed by atoms with E-state index >= 15 is 0 Å². The van der Waals surface area contributed by atoms with Crippen molar-refractivity contribution in [3.8, 4) is 0 Å². The maximum absolute atomic E-state index is 13.2. The van der Waals surface area contributed by atoms with Gasteiger partial charge in [0.25, 0.3) is 0 Å². The van der Waals surface area contributed by atoms with Gasteiger partial charge in [0, 0.05) is 16.1 Å². The molecule has 2 rings (SSSR count). The molecule has 1 aromatic carbocycles. The number of nitrogens with one attached hydrogen (secondary N) is 1. The Kier molecular flexibility index (Phi) is 3.53. The standard InChI is InChI=1S/C11H10ClFN2S/c1-14-11(10-5-15-6-16-10)8-4-7(13)2-3-9(8)12/h2-6,11,14H,1H3. The lowest BCUT2D eigenvalue weighted by Crippen LogP contribution is -2.17. The van der Waals surface area contributed by atoms with Crippen LogP contribution in [0.15, 0.2) is 29.9 Å². The first-order chi connectivity index (χ1) is 7.72. The zero-order chi connectivity index (χ0) is 11.5. The van der Waals surface area contributed by atoms with Crippen LogP contribution in [0.4, 0.5) is 4.39 Å². The van der Waals surface area contributed by atoms with Crippen molar-refractivity contribution in [3.05, 3.63) is 51.2 Å². The predicted molar refractivity (Wildman–Crippen MR) is 64.4 cm³/mol. The lowest BCUT2D eigenvalue weighted by atomic mass is 10.1. The van der Waals surface area contributed by atoms with Crippen LogP contribution in [0.1, 0.15) is 16.5 Å². The number of hydrogen-bond donors (Lipinski definition) is 1. The molecule has 0 saturated carbocycles. The van der Waals surface area contributed by atoms with Crippen molar-refractivity contribution < 1.29 is 4.39 Å². The minimum atomic E-state index is -0.288. The van der Waals surface area contributed by atoms with Gasteiger partial charge in [-0.15, -0.1) is 11.3 Å². The maximum atomic E-state index is 13.2. The lowest BCUT2D eigenvalue weighted by Gasteiger charge is -2.16. The molecule has 1 N–H and O–H groups in total. The summed E-state index contributed by atoms with van der Waals surface area (Å²) in [7, 11) is 1.81. The van der Waals surface area contributed by atoms with Gasteiger partial charge >= 0.3 is 0 Å². The molecule has 0 fully saturated rings. The number of halogens is 2. The molecular weight excluding hydrogens is 247 g/mol. The average molecular weight is 257 g/mol. The monoisotopic (exact) mass is 256 g/mol. The molecule has 0 amide bonds. The molecule has 0 spiro atoms. The Morgan fingerprint density at radius 3 is 2.94 bits per heavy atom. The molecule has 84 valence electrons. The molecule has 2 aromatic rings. The van der Waals surface area contributed by atoms with Crippen molar-refractivity contribution in [1.29, 1.82) is 0 Å². The largest absolute Gasteiger partial charge is 0.309 e. The van der Waals surface area contributed by atoms with Crippen molar-refractivity contribution in [3.63, 3.8) is 0 Å². The van der Waals surface area contributed by atoms with Crippen molar-refractivity contribution >= 4 is 22.9 Å². The van der Waals surface area contributed by atoms with Crippen LogP contribution in [0.3, 0.4) is 0 Å². The molecule has 16 heavy (non-hydrogen) atoms. The minimum Gasteiger partial charge on any atom is -0.309 e. The molecule has 0 saturated heterocycles. The number of benzene rings is 1. The summed E-state index contributed by atoms with van der Waals surface area (Å²) >= 11 is 7.57. The number of aromatic nitrogens is 1. The Morgan fingerprint density at radius 2 is 2.31 bits per heavy atom. The Morgan fingerprint density at radius 1 is 1.50 bits per heavy atom. The molecule has 5 heteroatoms. The van der Waals surface area contributed by atoms with Gasteiger partial charge < -0.3 is 5.32 Å². The molecule has 1 heterocycles. The highest BCUT2D eigenvalue weighted by Crippen LogP contribution is 2.30. The Bertz CT molecular complexity index is 473. The molecule has 0 bridgehead atoms. The summed E-state index contributed by atoms with van der Waals surface area (Å²) < 4.78 is 13.2. The molecule has 1 unspecified atom stereocenters. The number of rotatable bonds is 3. The quantitative estimate of drug-likeness (QED) is 0.912. The van der Waals surface area contributed by atoms with Crippen LogP contribution in [0, 0.1) is 5.82 Å². The number of thiazole rings is 1. The van der Waals surface area contributed by atoms with Gasteiger partial charge in [0.15, 0.2) is 0 Å². The Labute approximate surface area is 102 Å². The summed E-state index contributed by atoms with van der Waals surface area (Å²) in [5.74, 6) is -0.288. The van der Waals surface area contributed by atoms with Gasteiger partial charge in [-0.05, 0) is 30.8 Å². The van der Waals surface area contributed by atoms with Gasteiger partial charge in [-0.1, -0.05) is 11.6 Å². The maximum Gasteiger partial charge on any atom is 0.123 e. The highest BCUT2D eigenvalue weighted by Gasteiger charge is 2.17. The third-order valence-electron chi connectivity index (χ3n) is 2.29. The lowest BCUT2D eigenvalue weighted by molar-refractivity contribution is 0.618. The first-order valence-corrected chi connectivity index (χ1v) is 5.98. The first kappa shape index (κ1) is 11.5. The first-order valence-electron chi connectivity index (χ1n) is 4.73. The van der Waals surface area contributed by atoms with E-state index in [1.54, 1.807) is 17.8 Å². The minimum absolute atomic E-state index is 0.115. The molecule has 0 aliphatic rings. The van der Waals surface area contributed by atoms with Gasteiger partial charge in [-0.2, -0.15) is 0 Å². The summed E-state index contributed by atoms with van der Waals surface area (Å²) in [6.45, 7) is 0. The highest BCUT2D eigenvalue weighted by atomic mass is 35.5. The molecule has 1 aromatic heterocycles. The van der Waals surface area contributed by atoms with Gasteiger partial charge in [-0.3, -0.25) is 4.98 Å². The summed E-state index contributed by atoms with van der Waals surface area (Å²) in [6, 6.07) is 4.25. The molecule has 0 radical (unpaired) electrons. The number of hydrogen-bond acceptors (Lipinski definition) is 3. The van der Waals surface area contributed by atoms with E-state index in [9.17, 15) is 4.39 Å². The zero-order valence-corrected chi connectivity index (χ0v) is 10.1. The fraction of sp³-hybridized carbons (Fsp3) is 0.182. The number of nitrogens with zero attached hydrogens (tertiary/aromatic N) is 1. The zero-order valence-electron chi connectivity index (χ0n) is 8.58. The third kappa shape index (κ3) is 2.24. The molecule has 0 aliphatic carbocycles. The Hall–Kier alpha value is -0.970. The van der Waals surface area contributed by atoms with Crippen LogP contribution in [-0.4, -0.2) is 12.0 Å². The van der Waals surface area contributed by atoms with Gasteiger partial charge in [0.2, 0.25) is 0 Å². The van der Waals surface area contributed by atoms with Gasteiger partial charge in [0.1, 0.15) is 5.82 Å². The van der Waals surface area contributed by atoms with Crippen LogP contribution < -0.4 is 5.32 Å². The normalized spacial score (nSPS) is 12.7. The summed E-state index contributed by atoms with van der Waals surface area (Å²) in [6.07, 6.45) is 1.76. The SMILES string of the molecule is CNC(c1cncs1)c1cc(F)ccc1Cl. The average Bonchev–Trinajstić information content (AvgIpc) is 2.78. The topological polar surface area (TPSA) is 24.9 Å². The summed E-state index contributed by atoms with van der Waals surface area (Å²) in [4.78, 5) is 5.02. The van der Waals surface area contributed by atoms with Crippen molar-refractivity contribution in [2.45, 2.75) is 6.04 Å². The highest BCUT2D eigenvalue weighted by molar-refractivity contribution is 7.09. The van der Waals surface area contributed by atoms with Crippen LogP contribution in [0.25, 0.3) is 0 Å². The summed E-state index contributed by atoms with van der Waals surface area (Å²) in [5.41, 5.74) is 2.47. The fourth-order valence-electron chi connectivity index (χ4n) is 1.56. The Balaban J connectivity index is 2.44. The second kappa shape index (κ2) is 4.91. The van der Waals surface area contributed by atoms with E-state index in [2.05, 4.69) is 10.3 Å². The van der Waals surface area contributed by atoms with Gasteiger partial charge in [0.05, 0.1) is 11.6 Å². The second-order valence-corrected chi connectivity index (χ2v) is 4.62. The third-order valence-corrected chi connectivity index (χ3v) is 3.48. The van der Waals surface area contributed by atoms with Crippen LogP contribution >= 0.6 is 22.9 Å². The van der Waals surface area contributed by atoms with Gasteiger partial charge in [-0.25, -0.2) is 4.39 Å². The van der Waals surface area contributed by atoms with Crippen molar-refractivity contribution in [2.75, 3.05) is 7.05 Å². The predicted octanol–water partition coefficient (Wildman–Crippen LogP) is 3.24. The van der Waals surface area contributed by atoms with Crippen LogP contribution in [0.2, 0.25) is 5.02 Å². The van der Waals surface area contributed by atoms with E-state index in [-0.39, 0.29) is 11.9 Å². The van der Waals surface area contributed by atoms with E-state index in [0.29, 0.717) is 5.02 Å². The fourth-order valence-corrected chi connectivity index (χ4v) is 2.53. The van der Waals surface area contributed by atoms with Crippen molar-refractivity contribution in [1.82, 2.24) is 10.3 Å². The smallest absolute Gasteiger partial charge is 0.123 e. The van der Waals surface area contributed by atoms with E-state index in [1.165, 1.54) is 23.5 Å². The van der Waals surface area contributed by atoms with E-state index in [4.69, 9.17) is 11.6 Å². The summed E-state index contributed by atoms with van der Waals surface area (Å²) in [5, 5.41) is 3.66. The molecule has 0 aliphatic heterocycles. The molecule has 1 atom stereocenters. The van der Waals surface area contributed by atoms with E-state index < -0.39 is 0 Å². The van der Waals surface area contributed by atoms with Crippen LogP contribution in [-0.2, 0) is 0 Å². The molecule has 2 nitrogen and oxygen atoms in total. The van der Waals surface area contributed by atoms with Crippen molar-refractivity contribution in [2.24, 2.45) is 0 Å². The van der Waals surface area contributed by atoms with E-state index in [1.807, 2.05) is 7.05 Å². The van der Waals surface area contributed by atoms with E-state index in [0.717, 1.165) is 10.4 Å². The molecular formula is C11H10ClFN2S. The second-order valence-electron chi connectivity index (χ2n) is 3.29. The van der Waals surface area contributed by atoms with Crippen LogP contribution in [0.5, 0.6) is 0 Å².